The number of hydrogen-bond donors (Lipinski definition) is 2. The van der Waals surface area contributed by atoms with Crippen molar-refractivity contribution in [2.24, 2.45) is 5.10 Å². The normalized spacial score (nSPS) is 10.5. The smallest absolute Gasteiger partial charge is 0.275 e. The molecule has 0 unspecified atom stereocenters. The minimum absolute atomic E-state index is 0.206. The number of carbonyl (C=O) groups is 2. The highest BCUT2D eigenvalue weighted by atomic mass is 16.5. The van der Waals surface area contributed by atoms with Gasteiger partial charge in [0.05, 0.1) is 18.4 Å². The molecule has 0 atom stereocenters. The van der Waals surface area contributed by atoms with E-state index in [1.165, 1.54) is 13.1 Å². The Kier molecular flexibility index (Phi) is 7.37. The first-order valence-electron chi connectivity index (χ1n) is 9.76. The zero-order valence-corrected chi connectivity index (χ0v) is 17.3. The highest BCUT2D eigenvalue weighted by molar-refractivity contribution is 5.98. The van der Waals surface area contributed by atoms with E-state index in [2.05, 4.69) is 15.8 Å². The summed E-state index contributed by atoms with van der Waals surface area (Å²) in [7, 11) is 0. The molecule has 0 bridgehead atoms. The Balaban J connectivity index is 1.67. The average molecular weight is 417 g/mol. The molecule has 3 aromatic rings. The van der Waals surface area contributed by atoms with Crippen molar-refractivity contribution in [3.05, 3.63) is 83.9 Å². The first kappa shape index (κ1) is 21.6. The maximum Gasteiger partial charge on any atom is 0.275 e. The zero-order chi connectivity index (χ0) is 22.1. The quantitative estimate of drug-likeness (QED) is 0.414. The van der Waals surface area contributed by atoms with Crippen LogP contribution < -0.4 is 20.2 Å². The van der Waals surface area contributed by atoms with Gasteiger partial charge in [0.15, 0.2) is 0 Å². The van der Waals surface area contributed by atoms with Crippen LogP contribution in [0, 0.1) is 0 Å². The molecular weight excluding hydrogens is 394 g/mol. The predicted octanol–water partition coefficient (Wildman–Crippen LogP) is 4.60. The van der Waals surface area contributed by atoms with Gasteiger partial charge in [-0.2, -0.15) is 5.10 Å². The summed E-state index contributed by atoms with van der Waals surface area (Å²) in [5, 5.41) is 6.70. The van der Waals surface area contributed by atoms with Crippen LogP contribution >= 0.6 is 0 Å². The lowest BCUT2D eigenvalue weighted by Crippen LogP contribution is -2.19. The Labute approximate surface area is 180 Å². The zero-order valence-electron chi connectivity index (χ0n) is 17.3. The minimum Gasteiger partial charge on any atom is -0.493 e. The molecule has 7 heteroatoms. The van der Waals surface area contributed by atoms with Crippen LogP contribution in [0.5, 0.6) is 17.2 Å². The van der Waals surface area contributed by atoms with Gasteiger partial charge in [0.25, 0.3) is 5.91 Å². The van der Waals surface area contributed by atoms with E-state index in [4.69, 9.17) is 9.47 Å². The maximum atomic E-state index is 12.6. The lowest BCUT2D eigenvalue weighted by molar-refractivity contribution is -0.114. The highest BCUT2D eigenvalue weighted by Crippen LogP contribution is 2.24. The average Bonchev–Trinajstić information content (AvgIpc) is 2.75. The fourth-order valence-corrected chi connectivity index (χ4v) is 2.77. The van der Waals surface area contributed by atoms with Gasteiger partial charge in [0, 0.05) is 18.7 Å². The summed E-state index contributed by atoms with van der Waals surface area (Å²) in [5.74, 6) is 1.12. The molecule has 7 nitrogen and oxygen atoms in total. The number of rotatable bonds is 8. The van der Waals surface area contributed by atoms with Crippen molar-refractivity contribution in [1.29, 1.82) is 0 Å². The van der Waals surface area contributed by atoms with Crippen LogP contribution in [0.4, 0.5) is 5.69 Å². The number of nitrogens with one attached hydrogen (secondary N) is 2. The van der Waals surface area contributed by atoms with Crippen LogP contribution in [0.15, 0.2) is 77.9 Å². The molecule has 0 spiro atoms. The molecular formula is C24H23N3O4. The van der Waals surface area contributed by atoms with Crippen LogP contribution in [0.25, 0.3) is 0 Å². The standard InChI is InChI=1S/C24H23N3O4/c1-3-30-23-15-19(26-17(2)28)12-13-22(23)24(29)27-25-16-18-8-7-11-21(14-18)31-20-9-5-4-6-10-20/h4-16H,3H2,1-2H3,(H,26,28)(H,27,29)/b25-16-. The summed E-state index contributed by atoms with van der Waals surface area (Å²) < 4.78 is 11.3. The van der Waals surface area contributed by atoms with E-state index in [1.807, 2.05) is 61.5 Å². The second-order valence-corrected chi connectivity index (χ2v) is 6.51. The molecule has 0 fully saturated rings. The molecule has 0 aromatic heterocycles. The Morgan fingerprint density at radius 1 is 0.968 bits per heavy atom. The molecule has 0 aliphatic rings. The predicted molar refractivity (Wildman–Crippen MR) is 120 cm³/mol. The largest absolute Gasteiger partial charge is 0.493 e. The summed E-state index contributed by atoms with van der Waals surface area (Å²) in [6.07, 6.45) is 1.53. The number of carbonyl (C=O) groups excluding carboxylic acids is 2. The molecule has 158 valence electrons. The van der Waals surface area contributed by atoms with Crippen LogP contribution in [0.1, 0.15) is 29.8 Å². The van der Waals surface area contributed by atoms with Gasteiger partial charge in [0.2, 0.25) is 5.91 Å². The fraction of sp³-hybridized carbons (Fsp3) is 0.125. The molecule has 0 heterocycles. The van der Waals surface area contributed by atoms with Gasteiger partial charge in [-0.1, -0.05) is 30.3 Å². The van der Waals surface area contributed by atoms with Gasteiger partial charge in [0.1, 0.15) is 17.2 Å². The molecule has 3 aromatic carbocycles. The first-order chi connectivity index (χ1) is 15.0. The second kappa shape index (κ2) is 10.6. The number of hydrazone groups is 1. The number of hydrogen-bond acceptors (Lipinski definition) is 5. The summed E-state index contributed by atoms with van der Waals surface area (Å²) in [4.78, 5) is 23.8. The summed E-state index contributed by atoms with van der Waals surface area (Å²) in [6.45, 7) is 3.60. The monoisotopic (exact) mass is 417 g/mol. The van der Waals surface area contributed by atoms with Crippen molar-refractivity contribution >= 4 is 23.7 Å². The van der Waals surface area contributed by atoms with Crippen LogP contribution in [-0.4, -0.2) is 24.6 Å². The molecule has 0 aliphatic heterocycles. The number of benzene rings is 3. The van der Waals surface area contributed by atoms with Crippen LogP contribution in [-0.2, 0) is 4.79 Å². The second-order valence-electron chi connectivity index (χ2n) is 6.51. The van der Waals surface area contributed by atoms with Gasteiger partial charge in [-0.25, -0.2) is 5.43 Å². The highest BCUT2D eigenvalue weighted by Gasteiger charge is 2.13. The van der Waals surface area contributed by atoms with Crippen molar-refractivity contribution in [3.8, 4) is 17.2 Å². The number of para-hydroxylation sites is 1. The van der Waals surface area contributed by atoms with E-state index in [1.54, 1.807) is 18.2 Å². The molecule has 0 radical (unpaired) electrons. The van der Waals surface area contributed by atoms with E-state index in [0.29, 0.717) is 29.4 Å². The van der Waals surface area contributed by atoms with E-state index < -0.39 is 5.91 Å². The number of nitrogens with zero attached hydrogens (tertiary/aromatic N) is 1. The van der Waals surface area contributed by atoms with Crippen molar-refractivity contribution in [2.75, 3.05) is 11.9 Å². The van der Waals surface area contributed by atoms with Gasteiger partial charge in [-0.3, -0.25) is 9.59 Å². The third-order valence-electron chi connectivity index (χ3n) is 4.06. The Morgan fingerprint density at radius 3 is 2.48 bits per heavy atom. The molecule has 0 saturated carbocycles. The summed E-state index contributed by atoms with van der Waals surface area (Å²) >= 11 is 0. The minimum atomic E-state index is -0.425. The van der Waals surface area contributed by atoms with Crippen LogP contribution in [0.3, 0.4) is 0 Å². The van der Waals surface area contributed by atoms with E-state index >= 15 is 0 Å². The Hall–Kier alpha value is -4.13. The summed E-state index contributed by atoms with van der Waals surface area (Å²) in [5.41, 5.74) is 4.12. The third kappa shape index (κ3) is 6.43. The van der Waals surface area contributed by atoms with Gasteiger partial charge in [-0.15, -0.1) is 0 Å². The van der Waals surface area contributed by atoms with E-state index in [0.717, 1.165) is 11.3 Å². The van der Waals surface area contributed by atoms with Crippen molar-refractivity contribution in [3.63, 3.8) is 0 Å². The third-order valence-corrected chi connectivity index (χ3v) is 4.06. The first-order valence-corrected chi connectivity index (χ1v) is 9.76. The lowest BCUT2D eigenvalue weighted by Gasteiger charge is -2.11. The van der Waals surface area contributed by atoms with Gasteiger partial charge >= 0.3 is 0 Å². The Bertz CT molecular complexity index is 1080. The van der Waals surface area contributed by atoms with Crippen molar-refractivity contribution in [1.82, 2.24) is 5.43 Å². The van der Waals surface area contributed by atoms with E-state index in [-0.39, 0.29) is 5.91 Å². The van der Waals surface area contributed by atoms with Gasteiger partial charge < -0.3 is 14.8 Å². The molecule has 0 saturated heterocycles. The van der Waals surface area contributed by atoms with Crippen LogP contribution in [0.2, 0.25) is 0 Å². The molecule has 31 heavy (non-hydrogen) atoms. The molecule has 2 N–H and O–H groups in total. The number of amides is 2. The summed E-state index contributed by atoms with van der Waals surface area (Å²) in [6, 6.07) is 21.6. The SMILES string of the molecule is CCOc1cc(NC(C)=O)ccc1C(=O)N/N=C\c1cccc(Oc2ccccc2)c1. The molecule has 3 rings (SSSR count). The number of anilines is 1. The lowest BCUT2D eigenvalue weighted by atomic mass is 10.1. The molecule has 2 amide bonds. The van der Waals surface area contributed by atoms with Gasteiger partial charge in [-0.05, 0) is 48.9 Å². The maximum absolute atomic E-state index is 12.6. The molecule has 0 aliphatic carbocycles. The topological polar surface area (TPSA) is 89.0 Å². The van der Waals surface area contributed by atoms with E-state index in [9.17, 15) is 9.59 Å². The number of ether oxygens (including phenoxy) is 2. The van der Waals surface area contributed by atoms with Crippen molar-refractivity contribution in [2.45, 2.75) is 13.8 Å². The fourth-order valence-electron chi connectivity index (χ4n) is 2.77. The van der Waals surface area contributed by atoms with Crippen molar-refractivity contribution < 1.29 is 19.1 Å². The Morgan fingerprint density at radius 2 is 1.74 bits per heavy atom.